The molecule has 1 N–H and O–H groups in total. The van der Waals surface area contributed by atoms with Crippen LogP contribution in [0.2, 0.25) is 0 Å². The lowest BCUT2D eigenvalue weighted by molar-refractivity contribution is 0.199. The van der Waals surface area contributed by atoms with Gasteiger partial charge in [0.15, 0.2) is 5.82 Å². The van der Waals surface area contributed by atoms with Crippen LogP contribution >= 0.6 is 15.9 Å². The van der Waals surface area contributed by atoms with Crippen LogP contribution in [0.1, 0.15) is 11.4 Å². The van der Waals surface area contributed by atoms with Crippen LogP contribution in [0.25, 0.3) is 0 Å². The van der Waals surface area contributed by atoms with Crippen molar-refractivity contribution in [1.82, 2.24) is 15.3 Å². The summed E-state index contributed by atoms with van der Waals surface area (Å²) < 4.78 is 11.8. The number of benzene rings is 1. The van der Waals surface area contributed by atoms with Crippen LogP contribution in [-0.4, -0.2) is 30.2 Å². The van der Waals surface area contributed by atoms with E-state index in [9.17, 15) is 0 Å². The Labute approximate surface area is 132 Å². The highest BCUT2D eigenvalue weighted by Crippen LogP contribution is 2.29. The molecule has 5 nitrogen and oxygen atoms in total. The maximum absolute atomic E-state index is 5.87. The second-order valence-corrected chi connectivity index (χ2v) is 5.21. The summed E-state index contributed by atoms with van der Waals surface area (Å²) in [6, 6.07) is 7.77. The molecule has 112 valence electrons. The second-order valence-electron chi connectivity index (χ2n) is 4.35. The van der Waals surface area contributed by atoms with Gasteiger partial charge < -0.3 is 14.8 Å². The smallest absolute Gasteiger partial charge is 0.166 e. The van der Waals surface area contributed by atoms with Crippen LogP contribution < -0.4 is 10.1 Å². The van der Waals surface area contributed by atoms with Gasteiger partial charge in [0.25, 0.3) is 0 Å². The fourth-order valence-corrected chi connectivity index (χ4v) is 2.31. The third-order valence-electron chi connectivity index (χ3n) is 2.81. The maximum atomic E-state index is 5.87. The molecule has 2 rings (SSSR count). The summed E-state index contributed by atoms with van der Waals surface area (Å²) in [4.78, 5) is 8.31. The van der Waals surface area contributed by atoms with Crippen molar-refractivity contribution in [3.8, 4) is 5.75 Å². The number of methoxy groups -OCH3 is 1. The van der Waals surface area contributed by atoms with Gasteiger partial charge in [-0.3, -0.25) is 0 Å². The molecule has 1 heterocycles. The molecule has 0 radical (unpaired) electrons. The summed E-state index contributed by atoms with van der Waals surface area (Å²) in [5.41, 5.74) is 1.08. The minimum absolute atomic E-state index is 0.342. The van der Waals surface area contributed by atoms with Gasteiger partial charge in [0, 0.05) is 38.2 Å². The van der Waals surface area contributed by atoms with Gasteiger partial charge in [0.1, 0.15) is 12.4 Å². The van der Waals surface area contributed by atoms with Crippen LogP contribution in [-0.2, 0) is 17.9 Å². The normalized spacial score (nSPS) is 10.6. The van der Waals surface area contributed by atoms with E-state index in [0.29, 0.717) is 25.6 Å². The Morgan fingerprint density at radius 2 is 2.00 bits per heavy atom. The van der Waals surface area contributed by atoms with Crippen molar-refractivity contribution in [3.05, 3.63) is 52.5 Å². The largest absolute Gasteiger partial charge is 0.484 e. The molecule has 1 aromatic heterocycles. The fraction of sp³-hybridized carbons (Fsp3) is 0.333. The molecule has 0 unspecified atom stereocenters. The van der Waals surface area contributed by atoms with Crippen molar-refractivity contribution in [2.24, 2.45) is 0 Å². The van der Waals surface area contributed by atoms with Crippen LogP contribution in [0.3, 0.4) is 0 Å². The molecule has 0 amide bonds. The highest BCUT2D eigenvalue weighted by Gasteiger charge is 2.09. The number of nitrogens with zero attached hydrogens (tertiary/aromatic N) is 2. The second kappa shape index (κ2) is 8.71. The van der Waals surface area contributed by atoms with Crippen molar-refractivity contribution in [3.63, 3.8) is 0 Å². The zero-order valence-electron chi connectivity index (χ0n) is 11.9. The minimum Gasteiger partial charge on any atom is -0.484 e. The molecule has 0 bridgehead atoms. The SMILES string of the molecule is COCCNCc1cccc(Br)c1OCc1ncccn1. The number of halogens is 1. The Morgan fingerprint density at radius 1 is 1.19 bits per heavy atom. The monoisotopic (exact) mass is 351 g/mol. The van der Waals surface area contributed by atoms with Gasteiger partial charge in [0.05, 0.1) is 11.1 Å². The third kappa shape index (κ3) is 5.08. The van der Waals surface area contributed by atoms with Crippen molar-refractivity contribution < 1.29 is 9.47 Å². The van der Waals surface area contributed by atoms with Crippen LogP contribution in [0.15, 0.2) is 41.1 Å². The van der Waals surface area contributed by atoms with E-state index in [0.717, 1.165) is 22.3 Å². The van der Waals surface area contributed by atoms with Gasteiger partial charge >= 0.3 is 0 Å². The standard InChI is InChI=1S/C15H18BrN3O2/c1-20-9-8-17-10-12-4-2-5-13(16)15(12)21-11-14-18-6-3-7-19-14/h2-7,17H,8-11H2,1H3. The first-order valence-electron chi connectivity index (χ1n) is 6.67. The van der Waals surface area contributed by atoms with Crippen molar-refractivity contribution >= 4 is 15.9 Å². The maximum Gasteiger partial charge on any atom is 0.166 e. The van der Waals surface area contributed by atoms with E-state index in [1.54, 1.807) is 25.6 Å². The number of aromatic nitrogens is 2. The Morgan fingerprint density at radius 3 is 2.76 bits per heavy atom. The molecule has 6 heteroatoms. The lowest BCUT2D eigenvalue weighted by atomic mass is 10.2. The first-order chi connectivity index (χ1) is 10.3. The molecule has 0 aliphatic carbocycles. The quantitative estimate of drug-likeness (QED) is 0.740. The van der Waals surface area contributed by atoms with Gasteiger partial charge in [-0.2, -0.15) is 0 Å². The van der Waals surface area contributed by atoms with E-state index in [-0.39, 0.29) is 0 Å². The molecule has 0 spiro atoms. The summed E-state index contributed by atoms with van der Waals surface area (Å²) in [6.45, 7) is 2.54. The van der Waals surface area contributed by atoms with Gasteiger partial charge in [-0.1, -0.05) is 12.1 Å². The zero-order valence-corrected chi connectivity index (χ0v) is 13.5. The topological polar surface area (TPSA) is 56.3 Å². The molecule has 0 aliphatic heterocycles. The molecule has 0 atom stereocenters. The van der Waals surface area contributed by atoms with E-state index in [1.165, 1.54) is 0 Å². The number of nitrogens with one attached hydrogen (secondary N) is 1. The summed E-state index contributed by atoms with van der Waals surface area (Å²) in [6.07, 6.45) is 3.41. The lowest BCUT2D eigenvalue weighted by Crippen LogP contribution is -2.19. The van der Waals surface area contributed by atoms with Crippen LogP contribution in [0.4, 0.5) is 0 Å². The van der Waals surface area contributed by atoms with E-state index >= 15 is 0 Å². The first-order valence-corrected chi connectivity index (χ1v) is 7.46. The number of ether oxygens (including phenoxy) is 2. The average molecular weight is 352 g/mol. The van der Waals surface area contributed by atoms with Crippen molar-refractivity contribution in [2.75, 3.05) is 20.3 Å². The van der Waals surface area contributed by atoms with Gasteiger partial charge in [-0.05, 0) is 28.1 Å². The lowest BCUT2D eigenvalue weighted by Gasteiger charge is -2.13. The molecular weight excluding hydrogens is 334 g/mol. The molecule has 0 saturated heterocycles. The molecule has 0 fully saturated rings. The predicted octanol–water partition coefficient (Wildman–Crippen LogP) is 2.55. The Hall–Kier alpha value is -1.50. The van der Waals surface area contributed by atoms with Gasteiger partial charge in [-0.25, -0.2) is 9.97 Å². The van der Waals surface area contributed by atoms with Gasteiger partial charge in [-0.15, -0.1) is 0 Å². The van der Waals surface area contributed by atoms with Crippen LogP contribution in [0, 0.1) is 0 Å². The molecule has 21 heavy (non-hydrogen) atoms. The minimum atomic E-state index is 0.342. The molecule has 0 aliphatic rings. The molecule has 2 aromatic rings. The Kier molecular flexibility index (Phi) is 6.59. The number of hydrogen-bond donors (Lipinski definition) is 1. The third-order valence-corrected chi connectivity index (χ3v) is 3.44. The van der Waals surface area contributed by atoms with E-state index in [2.05, 4.69) is 31.2 Å². The summed E-state index contributed by atoms with van der Waals surface area (Å²) in [5, 5.41) is 3.31. The summed E-state index contributed by atoms with van der Waals surface area (Å²) >= 11 is 3.53. The highest BCUT2D eigenvalue weighted by molar-refractivity contribution is 9.10. The van der Waals surface area contributed by atoms with Crippen molar-refractivity contribution in [1.29, 1.82) is 0 Å². The molecule has 0 saturated carbocycles. The average Bonchev–Trinajstić information content (AvgIpc) is 2.52. The van der Waals surface area contributed by atoms with E-state index < -0.39 is 0 Å². The highest BCUT2D eigenvalue weighted by atomic mass is 79.9. The van der Waals surface area contributed by atoms with E-state index in [1.807, 2.05) is 18.2 Å². The Balaban J connectivity index is 2.00. The van der Waals surface area contributed by atoms with Crippen LogP contribution in [0.5, 0.6) is 5.75 Å². The fourth-order valence-electron chi connectivity index (χ4n) is 1.79. The van der Waals surface area contributed by atoms with E-state index in [4.69, 9.17) is 9.47 Å². The zero-order chi connectivity index (χ0) is 14.9. The number of hydrogen-bond acceptors (Lipinski definition) is 5. The Bertz CT molecular complexity index is 552. The summed E-state index contributed by atoms with van der Waals surface area (Å²) in [7, 11) is 1.69. The summed E-state index contributed by atoms with van der Waals surface area (Å²) in [5.74, 6) is 1.47. The first kappa shape index (κ1) is 15.9. The molecule has 1 aromatic carbocycles. The number of rotatable bonds is 8. The van der Waals surface area contributed by atoms with Crippen molar-refractivity contribution in [2.45, 2.75) is 13.2 Å². The predicted molar refractivity (Wildman–Crippen MR) is 84.1 cm³/mol. The van der Waals surface area contributed by atoms with Gasteiger partial charge in [0.2, 0.25) is 0 Å². The molecular formula is C15H18BrN3O2. The number of para-hydroxylation sites is 1.